The normalized spacial score (nSPS) is 27.5. The fraction of sp³-hybridized carbons (Fsp3) is 0.370. The fourth-order valence-corrected chi connectivity index (χ4v) is 6.06. The summed E-state index contributed by atoms with van der Waals surface area (Å²) in [5.41, 5.74) is 3.24. The van der Waals surface area contributed by atoms with Crippen LogP contribution in [0.15, 0.2) is 73.4 Å². The molecule has 5 heteroatoms. The summed E-state index contributed by atoms with van der Waals surface area (Å²) < 4.78 is 6.26. The quantitative estimate of drug-likeness (QED) is 0.420. The second-order valence-corrected chi connectivity index (χ2v) is 9.24. The number of para-hydroxylation sites is 1. The van der Waals surface area contributed by atoms with E-state index in [0.29, 0.717) is 11.8 Å². The number of quaternary nitrogens is 1. The summed E-state index contributed by atoms with van der Waals surface area (Å²) in [4.78, 5) is 4.50. The summed E-state index contributed by atoms with van der Waals surface area (Å²) in [6, 6.07) is 18.7. The number of aliphatic hydroxyl groups is 1. The third kappa shape index (κ3) is 3.98. The van der Waals surface area contributed by atoms with Gasteiger partial charge in [0.15, 0.2) is 0 Å². The first-order chi connectivity index (χ1) is 15.1. The highest BCUT2D eigenvalue weighted by atomic mass is 79.9. The Balaban J connectivity index is 0.00000245. The third-order valence-electron chi connectivity index (χ3n) is 7.70. The monoisotopic (exact) mass is 494 g/mol. The molecule has 2 aromatic carbocycles. The van der Waals surface area contributed by atoms with E-state index in [1.54, 1.807) is 7.11 Å². The molecule has 1 aromatic heterocycles. The van der Waals surface area contributed by atoms with Gasteiger partial charge in [-0.25, -0.2) is 0 Å². The number of aromatic nitrogens is 1. The second kappa shape index (κ2) is 9.34. The molecule has 3 aliphatic rings. The van der Waals surface area contributed by atoms with E-state index in [1.165, 1.54) is 12.0 Å². The van der Waals surface area contributed by atoms with Gasteiger partial charge in [-0.2, -0.15) is 0 Å². The van der Waals surface area contributed by atoms with Gasteiger partial charge in [-0.1, -0.05) is 24.3 Å². The van der Waals surface area contributed by atoms with Gasteiger partial charge in [0.05, 0.1) is 25.7 Å². The van der Waals surface area contributed by atoms with Crippen molar-refractivity contribution in [2.45, 2.75) is 31.5 Å². The molecule has 0 spiro atoms. The number of pyridine rings is 1. The maximum Gasteiger partial charge on any atom is 0.131 e. The Hall–Kier alpha value is -2.21. The second-order valence-electron chi connectivity index (χ2n) is 9.24. The van der Waals surface area contributed by atoms with Crippen LogP contribution in [-0.2, 0) is 6.54 Å². The predicted molar refractivity (Wildman–Crippen MR) is 124 cm³/mol. The van der Waals surface area contributed by atoms with Crippen LogP contribution in [0.3, 0.4) is 0 Å². The van der Waals surface area contributed by atoms with Crippen LogP contribution in [0.1, 0.15) is 30.1 Å². The molecule has 3 aliphatic heterocycles. The van der Waals surface area contributed by atoms with E-state index in [0.717, 1.165) is 52.8 Å². The van der Waals surface area contributed by atoms with Crippen molar-refractivity contribution in [3.8, 4) is 5.75 Å². The Kier molecular flexibility index (Phi) is 6.70. The van der Waals surface area contributed by atoms with Crippen molar-refractivity contribution in [3.63, 3.8) is 0 Å². The molecule has 4 heterocycles. The zero-order valence-electron chi connectivity index (χ0n) is 18.5. The summed E-state index contributed by atoms with van der Waals surface area (Å²) in [5, 5.41) is 12.8. The molecule has 5 atom stereocenters. The summed E-state index contributed by atoms with van der Waals surface area (Å²) in [6.07, 6.45) is 5.70. The van der Waals surface area contributed by atoms with E-state index in [-0.39, 0.29) is 23.0 Å². The molecular formula is C27H31BrN2O2. The first kappa shape index (κ1) is 23.0. The van der Waals surface area contributed by atoms with Crippen LogP contribution in [0, 0.1) is 11.8 Å². The smallest absolute Gasteiger partial charge is 0.131 e. The molecule has 0 aliphatic carbocycles. The van der Waals surface area contributed by atoms with Crippen LogP contribution in [0.4, 0.5) is 0 Å². The largest absolute Gasteiger partial charge is 1.00 e. The summed E-state index contributed by atoms with van der Waals surface area (Å²) in [5.74, 6) is 2.01. The highest BCUT2D eigenvalue weighted by Crippen LogP contribution is 2.48. The molecule has 4 unspecified atom stereocenters. The number of benzene rings is 2. The first-order valence-corrected chi connectivity index (χ1v) is 11.3. The van der Waals surface area contributed by atoms with Crippen molar-refractivity contribution >= 4 is 10.9 Å². The SMILES string of the molecule is C=CC1C[N+]2(Cc3ccc(OC)cc3)CCC1CC2[C@H](O)c1ccnc2ccccc12.[Br-]. The van der Waals surface area contributed by atoms with Crippen molar-refractivity contribution < 1.29 is 31.3 Å². The number of fused-ring (bicyclic) bond motifs is 4. The minimum atomic E-state index is -0.514. The molecule has 0 saturated carbocycles. The third-order valence-corrected chi connectivity index (χ3v) is 7.70. The van der Waals surface area contributed by atoms with E-state index >= 15 is 0 Å². The standard InChI is InChI=1S/C27H31N2O2.BrH/c1-3-20-18-29(17-19-8-10-22(31-2)11-9-19)15-13-21(20)16-26(29)27(30)24-12-14-28-25-7-5-4-6-23(24)25;/h3-12,14,20-21,26-27,30H,1,13,15-18H2,2H3;1H/q+1;/p-1/t20?,21?,26?,27-,29?;/m1./s1. The van der Waals surface area contributed by atoms with Crippen LogP contribution in [0.5, 0.6) is 5.75 Å². The van der Waals surface area contributed by atoms with Crippen LogP contribution < -0.4 is 21.7 Å². The van der Waals surface area contributed by atoms with E-state index in [1.807, 2.05) is 42.6 Å². The fourth-order valence-electron chi connectivity index (χ4n) is 6.06. The highest BCUT2D eigenvalue weighted by Gasteiger charge is 2.53. The summed E-state index contributed by atoms with van der Waals surface area (Å²) in [6.45, 7) is 7.21. The maximum absolute atomic E-state index is 11.8. The lowest BCUT2D eigenvalue weighted by Crippen LogP contribution is -3.00. The molecule has 3 aromatic rings. The van der Waals surface area contributed by atoms with Crippen LogP contribution in [0.25, 0.3) is 10.9 Å². The van der Waals surface area contributed by atoms with E-state index < -0.39 is 6.10 Å². The van der Waals surface area contributed by atoms with Crippen LogP contribution in [0.2, 0.25) is 0 Å². The van der Waals surface area contributed by atoms with Gasteiger partial charge in [0.25, 0.3) is 0 Å². The van der Waals surface area contributed by atoms with E-state index in [9.17, 15) is 5.11 Å². The lowest BCUT2D eigenvalue weighted by molar-refractivity contribution is -0.984. The molecule has 1 N–H and O–H groups in total. The Bertz CT molecular complexity index is 1080. The van der Waals surface area contributed by atoms with Crippen LogP contribution in [-0.4, -0.2) is 40.8 Å². The number of hydrogen-bond donors (Lipinski definition) is 1. The lowest BCUT2D eigenvalue weighted by Gasteiger charge is -2.58. The maximum atomic E-state index is 11.8. The predicted octanol–water partition coefficient (Wildman–Crippen LogP) is 1.89. The Morgan fingerprint density at radius 1 is 1.19 bits per heavy atom. The van der Waals surface area contributed by atoms with E-state index in [2.05, 4.69) is 35.8 Å². The molecular weight excluding hydrogens is 464 g/mol. The van der Waals surface area contributed by atoms with Gasteiger partial charge in [-0.05, 0) is 47.9 Å². The number of piperidine rings is 3. The number of halogens is 1. The van der Waals surface area contributed by atoms with Gasteiger partial charge >= 0.3 is 0 Å². The number of hydrogen-bond acceptors (Lipinski definition) is 3. The summed E-state index contributed by atoms with van der Waals surface area (Å²) >= 11 is 0. The van der Waals surface area contributed by atoms with Gasteiger partial charge in [0, 0.05) is 35.9 Å². The van der Waals surface area contributed by atoms with Gasteiger partial charge < -0.3 is 31.3 Å². The minimum absolute atomic E-state index is 0. The number of ether oxygens (including phenoxy) is 1. The first-order valence-electron chi connectivity index (χ1n) is 11.3. The Morgan fingerprint density at radius 2 is 1.97 bits per heavy atom. The van der Waals surface area contributed by atoms with Gasteiger partial charge in [-0.3, -0.25) is 4.98 Å². The average Bonchev–Trinajstić information content (AvgIpc) is 2.83. The Labute approximate surface area is 200 Å². The zero-order chi connectivity index (χ0) is 21.4. The molecule has 4 nitrogen and oxygen atoms in total. The molecule has 3 saturated heterocycles. The van der Waals surface area contributed by atoms with Gasteiger partial charge in [0.2, 0.25) is 0 Å². The van der Waals surface area contributed by atoms with Gasteiger partial charge in [0.1, 0.15) is 24.4 Å². The zero-order valence-corrected chi connectivity index (χ0v) is 20.1. The number of nitrogens with zero attached hydrogens (tertiary/aromatic N) is 2. The van der Waals surface area contributed by atoms with Crippen LogP contribution >= 0.6 is 0 Å². The molecule has 168 valence electrons. The number of methoxy groups -OCH3 is 1. The molecule has 0 radical (unpaired) electrons. The molecule has 2 bridgehead atoms. The van der Waals surface area contributed by atoms with Gasteiger partial charge in [-0.15, -0.1) is 6.58 Å². The van der Waals surface area contributed by atoms with Crippen molar-refractivity contribution in [1.82, 2.24) is 4.98 Å². The number of rotatable bonds is 6. The molecule has 6 rings (SSSR count). The van der Waals surface area contributed by atoms with Crippen molar-refractivity contribution in [2.75, 3.05) is 20.2 Å². The van der Waals surface area contributed by atoms with Crippen molar-refractivity contribution in [2.24, 2.45) is 11.8 Å². The Morgan fingerprint density at radius 3 is 2.72 bits per heavy atom. The van der Waals surface area contributed by atoms with E-state index in [4.69, 9.17) is 4.74 Å². The van der Waals surface area contributed by atoms with Crippen molar-refractivity contribution in [3.05, 3.63) is 84.6 Å². The molecule has 3 fully saturated rings. The molecule has 0 amide bonds. The average molecular weight is 495 g/mol. The lowest BCUT2D eigenvalue weighted by atomic mass is 9.71. The minimum Gasteiger partial charge on any atom is -1.00 e. The molecule has 32 heavy (non-hydrogen) atoms. The highest BCUT2D eigenvalue weighted by molar-refractivity contribution is 5.82. The topological polar surface area (TPSA) is 42.4 Å². The van der Waals surface area contributed by atoms with Crippen molar-refractivity contribution in [1.29, 1.82) is 0 Å². The number of aliphatic hydroxyl groups excluding tert-OH is 1. The summed E-state index contributed by atoms with van der Waals surface area (Å²) in [7, 11) is 1.70.